The van der Waals surface area contributed by atoms with E-state index in [4.69, 9.17) is 5.73 Å². The summed E-state index contributed by atoms with van der Waals surface area (Å²) in [5.74, 6) is -0.520. The molecule has 0 radical (unpaired) electrons. The van der Waals surface area contributed by atoms with Crippen LogP contribution in [0.2, 0.25) is 0 Å². The number of hydrogen-bond acceptors (Lipinski definition) is 5. The van der Waals surface area contributed by atoms with Crippen LogP contribution in [-0.4, -0.2) is 10.8 Å². The molecule has 1 aromatic carbocycles. The van der Waals surface area contributed by atoms with Gasteiger partial charge in [-0.1, -0.05) is 0 Å². The van der Waals surface area contributed by atoms with Gasteiger partial charge in [0.15, 0.2) is 0 Å². The summed E-state index contributed by atoms with van der Waals surface area (Å²) in [6.45, 7) is 0.307. The molecule has 0 bridgehead atoms. The number of amides is 1. The maximum absolute atomic E-state index is 12.0. The van der Waals surface area contributed by atoms with Gasteiger partial charge in [-0.3, -0.25) is 14.9 Å². The Bertz CT molecular complexity index is 672. The van der Waals surface area contributed by atoms with Crippen molar-refractivity contribution in [2.45, 2.75) is 6.54 Å². The molecule has 0 aliphatic carbocycles. The summed E-state index contributed by atoms with van der Waals surface area (Å²) in [5, 5.41) is 13.5. The molecule has 1 heterocycles. The van der Waals surface area contributed by atoms with Gasteiger partial charge in [0.2, 0.25) is 0 Å². The second-order valence-corrected chi connectivity index (χ2v) is 6.47. The lowest BCUT2D eigenvalue weighted by Crippen LogP contribution is -2.23. The molecule has 3 N–H and O–H groups in total. The van der Waals surface area contributed by atoms with Crippen molar-refractivity contribution in [1.82, 2.24) is 5.32 Å². The third kappa shape index (κ3) is 3.34. The van der Waals surface area contributed by atoms with E-state index in [0.717, 1.165) is 8.66 Å². The van der Waals surface area contributed by atoms with Crippen LogP contribution < -0.4 is 11.1 Å². The van der Waals surface area contributed by atoms with Gasteiger partial charge >= 0.3 is 0 Å². The van der Waals surface area contributed by atoms with E-state index >= 15 is 0 Å². The summed E-state index contributed by atoms with van der Waals surface area (Å²) >= 11 is 4.81. The summed E-state index contributed by atoms with van der Waals surface area (Å²) in [6.07, 6.45) is 0. The fraction of sp³-hybridized carbons (Fsp3) is 0.0833. The molecular weight excluding hydrogens is 346 g/mol. The van der Waals surface area contributed by atoms with Gasteiger partial charge < -0.3 is 11.1 Å². The topological polar surface area (TPSA) is 98.3 Å². The zero-order chi connectivity index (χ0) is 14.7. The molecule has 0 saturated carbocycles. The molecule has 0 fully saturated rings. The van der Waals surface area contributed by atoms with Crippen molar-refractivity contribution in [2.75, 3.05) is 5.73 Å². The average Bonchev–Trinajstić information content (AvgIpc) is 2.81. The molecule has 104 valence electrons. The van der Waals surface area contributed by atoms with Crippen LogP contribution in [0.15, 0.2) is 34.1 Å². The molecule has 1 aromatic heterocycles. The van der Waals surface area contributed by atoms with E-state index in [1.165, 1.54) is 29.5 Å². The minimum absolute atomic E-state index is 0.0365. The maximum Gasteiger partial charge on any atom is 0.282 e. The predicted molar refractivity (Wildman–Crippen MR) is 80.7 cm³/mol. The Morgan fingerprint density at radius 2 is 2.15 bits per heavy atom. The quantitative estimate of drug-likeness (QED) is 0.500. The molecule has 2 rings (SSSR count). The van der Waals surface area contributed by atoms with Gasteiger partial charge in [0, 0.05) is 16.6 Å². The summed E-state index contributed by atoms with van der Waals surface area (Å²) in [7, 11) is 0. The van der Waals surface area contributed by atoms with Crippen molar-refractivity contribution >= 4 is 44.5 Å². The monoisotopic (exact) mass is 355 g/mol. The molecule has 20 heavy (non-hydrogen) atoms. The van der Waals surface area contributed by atoms with Crippen LogP contribution in [0.25, 0.3) is 0 Å². The van der Waals surface area contributed by atoms with Crippen molar-refractivity contribution < 1.29 is 9.72 Å². The van der Waals surface area contributed by atoms with E-state index in [0.29, 0.717) is 12.2 Å². The average molecular weight is 356 g/mol. The Labute approximate surface area is 126 Å². The van der Waals surface area contributed by atoms with Gasteiger partial charge in [-0.25, -0.2) is 0 Å². The molecule has 1 amide bonds. The molecule has 0 atom stereocenters. The Balaban J connectivity index is 2.16. The number of anilines is 1. The molecule has 0 saturated heterocycles. The molecule has 0 aliphatic rings. The largest absolute Gasteiger partial charge is 0.399 e. The van der Waals surface area contributed by atoms with Gasteiger partial charge in [0.25, 0.3) is 11.6 Å². The first-order valence-electron chi connectivity index (χ1n) is 5.53. The third-order valence-electron chi connectivity index (χ3n) is 2.51. The van der Waals surface area contributed by atoms with E-state index < -0.39 is 10.8 Å². The smallest absolute Gasteiger partial charge is 0.282 e. The summed E-state index contributed by atoms with van der Waals surface area (Å²) < 4.78 is 0.955. The van der Waals surface area contributed by atoms with Crippen LogP contribution in [0.4, 0.5) is 11.4 Å². The number of nitrogens with one attached hydrogen (secondary N) is 1. The number of nitro benzene ring substituents is 1. The van der Waals surface area contributed by atoms with Crippen LogP contribution >= 0.6 is 27.3 Å². The molecule has 6 nitrogen and oxygen atoms in total. The number of nitrogens with zero attached hydrogens (tertiary/aromatic N) is 1. The van der Waals surface area contributed by atoms with Crippen molar-refractivity contribution in [1.29, 1.82) is 0 Å². The fourth-order valence-corrected chi connectivity index (χ4v) is 3.03. The summed E-state index contributed by atoms with van der Waals surface area (Å²) in [5.41, 5.74) is 5.58. The first kappa shape index (κ1) is 14.5. The number of thiophene rings is 1. The summed E-state index contributed by atoms with van der Waals surface area (Å²) in [4.78, 5) is 23.3. The van der Waals surface area contributed by atoms with E-state index in [9.17, 15) is 14.9 Å². The number of halogens is 1. The van der Waals surface area contributed by atoms with Crippen molar-refractivity contribution in [2.24, 2.45) is 0 Å². The minimum atomic E-state index is -0.601. The fourth-order valence-electron chi connectivity index (χ4n) is 1.60. The molecular formula is C12H10BrN3O3S. The van der Waals surface area contributed by atoms with Crippen LogP contribution in [0.5, 0.6) is 0 Å². The number of benzene rings is 1. The van der Waals surface area contributed by atoms with Crippen LogP contribution in [0.3, 0.4) is 0 Å². The molecule has 2 aromatic rings. The van der Waals surface area contributed by atoms with Crippen LogP contribution in [0, 0.1) is 10.1 Å². The second kappa shape index (κ2) is 6.02. The zero-order valence-electron chi connectivity index (χ0n) is 10.1. The van der Waals surface area contributed by atoms with Gasteiger partial charge in [-0.15, -0.1) is 11.3 Å². The Morgan fingerprint density at radius 3 is 2.75 bits per heavy atom. The third-order valence-corrected chi connectivity index (χ3v) is 4.14. The lowest BCUT2D eigenvalue weighted by Gasteiger charge is -2.05. The lowest BCUT2D eigenvalue weighted by atomic mass is 10.1. The maximum atomic E-state index is 12.0. The van der Waals surface area contributed by atoms with Crippen molar-refractivity contribution in [3.8, 4) is 0 Å². The van der Waals surface area contributed by atoms with E-state index in [1.54, 1.807) is 0 Å². The van der Waals surface area contributed by atoms with Gasteiger partial charge in [0.1, 0.15) is 5.56 Å². The number of nitro groups is 1. The second-order valence-electron chi connectivity index (χ2n) is 3.92. The van der Waals surface area contributed by atoms with E-state index in [-0.39, 0.29) is 11.3 Å². The normalized spacial score (nSPS) is 10.2. The number of nitrogen functional groups attached to an aromatic ring is 1. The van der Waals surface area contributed by atoms with E-state index in [1.807, 2.05) is 12.1 Å². The predicted octanol–water partition coefficient (Wildman–Crippen LogP) is 2.93. The minimum Gasteiger partial charge on any atom is -0.399 e. The standard InChI is InChI=1S/C12H10BrN3O3S/c13-11-4-2-8(20-11)6-15-12(17)9-5-7(14)1-3-10(9)16(18)19/h1-5H,6,14H2,(H,15,17). The molecule has 0 unspecified atom stereocenters. The molecule has 0 spiro atoms. The lowest BCUT2D eigenvalue weighted by molar-refractivity contribution is -0.385. The van der Waals surface area contributed by atoms with Gasteiger partial charge in [-0.2, -0.15) is 0 Å². The van der Waals surface area contributed by atoms with E-state index in [2.05, 4.69) is 21.2 Å². The first-order valence-corrected chi connectivity index (χ1v) is 7.14. The highest BCUT2D eigenvalue weighted by molar-refractivity contribution is 9.11. The number of carbonyl (C=O) groups excluding carboxylic acids is 1. The number of nitrogens with two attached hydrogens (primary N) is 1. The van der Waals surface area contributed by atoms with Gasteiger partial charge in [-0.05, 0) is 40.2 Å². The zero-order valence-corrected chi connectivity index (χ0v) is 12.5. The van der Waals surface area contributed by atoms with Crippen molar-refractivity contribution in [3.63, 3.8) is 0 Å². The highest BCUT2D eigenvalue weighted by Gasteiger charge is 2.20. The first-order chi connectivity index (χ1) is 9.47. The Kier molecular flexibility index (Phi) is 4.35. The number of carbonyl (C=O) groups is 1. The van der Waals surface area contributed by atoms with Crippen molar-refractivity contribution in [3.05, 3.63) is 54.7 Å². The Morgan fingerprint density at radius 1 is 1.40 bits per heavy atom. The highest BCUT2D eigenvalue weighted by atomic mass is 79.9. The summed E-state index contributed by atoms with van der Waals surface area (Å²) in [6, 6.07) is 7.66. The highest BCUT2D eigenvalue weighted by Crippen LogP contribution is 2.23. The SMILES string of the molecule is Nc1ccc([N+](=O)[O-])c(C(=O)NCc2ccc(Br)s2)c1. The molecule has 8 heteroatoms. The van der Waals surface area contributed by atoms with Crippen LogP contribution in [-0.2, 0) is 6.54 Å². The van der Waals surface area contributed by atoms with Gasteiger partial charge in [0.05, 0.1) is 15.3 Å². The number of hydrogen-bond donors (Lipinski definition) is 2. The Hall–Kier alpha value is -1.93. The van der Waals surface area contributed by atoms with Crippen LogP contribution in [0.1, 0.15) is 15.2 Å². The molecule has 0 aliphatic heterocycles. The number of rotatable bonds is 4.